The number of unbranched alkanes of at least 4 members (excludes halogenated alkanes) is 1. The number of hydrogen-bond acceptors (Lipinski definition) is 5. The molecule has 1 aromatic heterocycles. The first kappa shape index (κ1) is 12.7. The zero-order valence-corrected chi connectivity index (χ0v) is 9.86. The highest BCUT2D eigenvalue weighted by Gasteiger charge is 2.02. The normalized spacial score (nSPS) is 10.2. The second kappa shape index (κ2) is 7.00. The van der Waals surface area contributed by atoms with E-state index in [2.05, 4.69) is 22.2 Å². The van der Waals surface area contributed by atoms with Crippen LogP contribution in [-0.4, -0.2) is 34.8 Å². The Kier molecular flexibility index (Phi) is 5.56. The van der Waals surface area contributed by atoms with Crippen molar-refractivity contribution in [1.82, 2.24) is 9.97 Å². The third-order valence-electron chi connectivity index (χ3n) is 1.97. The van der Waals surface area contributed by atoms with Crippen molar-refractivity contribution in [3.63, 3.8) is 0 Å². The monoisotopic (exact) mass is 225 g/mol. The van der Waals surface area contributed by atoms with Crippen molar-refractivity contribution in [3.8, 4) is 5.88 Å². The average Bonchev–Trinajstić information content (AvgIpc) is 2.26. The van der Waals surface area contributed by atoms with Gasteiger partial charge in [0.15, 0.2) is 0 Å². The minimum atomic E-state index is 0.0589. The number of hydrogen-bond donors (Lipinski definition) is 2. The summed E-state index contributed by atoms with van der Waals surface area (Å²) in [7, 11) is 0. The van der Waals surface area contributed by atoms with Gasteiger partial charge in [0.25, 0.3) is 0 Å². The van der Waals surface area contributed by atoms with Crippen molar-refractivity contribution < 1.29 is 9.84 Å². The van der Waals surface area contributed by atoms with Crippen molar-refractivity contribution in [3.05, 3.63) is 11.8 Å². The summed E-state index contributed by atoms with van der Waals surface area (Å²) >= 11 is 0. The van der Waals surface area contributed by atoms with Crippen molar-refractivity contribution in [2.45, 2.75) is 26.7 Å². The highest BCUT2D eigenvalue weighted by atomic mass is 16.5. The Morgan fingerprint density at radius 2 is 2.25 bits per heavy atom. The number of ether oxygens (including phenoxy) is 1. The fourth-order valence-corrected chi connectivity index (χ4v) is 1.18. The fourth-order valence-electron chi connectivity index (χ4n) is 1.18. The van der Waals surface area contributed by atoms with Crippen LogP contribution in [0.5, 0.6) is 5.88 Å². The van der Waals surface area contributed by atoms with E-state index < -0.39 is 0 Å². The molecule has 0 aliphatic heterocycles. The van der Waals surface area contributed by atoms with E-state index >= 15 is 0 Å². The second-order valence-electron chi connectivity index (χ2n) is 3.52. The largest absolute Gasteiger partial charge is 0.478 e. The third kappa shape index (κ3) is 4.44. The van der Waals surface area contributed by atoms with Crippen LogP contribution in [0.1, 0.15) is 25.5 Å². The van der Waals surface area contributed by atoms with Crippen molar-refractivity contribution in [1.29, 1.82) is 0 Å². The molecule has 5 nitrogen and oxygen atoms in total. The fraction of sp³-hybridized carbons (Fsp3) is 0.636. The van der Waals surface area contributed by atoms with Gasteiger partial charge in [-0.25, -0.2) is 4.98 Å². The van der Waals surface area contributed by atoms with Gasteiger partial charge in [-0.05, 0) is 13.3 Å². The number of nitrogens with zero attached hydrogens (tertiary/aromatic N) is 2. The van der Waals surface area contributed by atoms with Crippen LogP contribution in [0.2, 0.25) is 0 Å². The maximum atomic E-state index is 8.69. The van der Waals surface area contributed by atoms with E-state index in [0.29, 0.717) is 25.0 Å². The number of aliphatic hydroxyl groups is 1. The quantitative estimate of drug-likeness (QED) is 0.686. The molecule has 0 radical (unpaired) electrons. The summed E-state index contributed by atoms with van der Waals surface area (Å²) in [6, 6.07) is 1.81. The van der Waals surface area contributed by atoms with Gasteiger partial charge in [-0.15, -0.1) is 0 Å². The Hall–Kier alpha value is -1.36. The Bertz CT molecular complexity index is 318. The molecule has 0 bridgehead atoms. The van der Waals surface area contributed by atoms with Gasteiger partial charge in [0.2, 0.25) is 11.8 Å². The van der Waals surface area contributed by atoms with Crippen LogP contribution in [0, 0.1) is 6.92 Å². The van der Waals surface area contributed by atoms with Gasteiger partial charge in [-0.2, -0.15) is 4.98 Å². The number of aliphatic hydroxyl groups excluding tert-OH is 1. The minimum Gasteiger partial charge on any atom is -0.478 e. The molecule has 0 atom stereocenters. The lowest BCUT2D eigenvalue weighted by Crippen LogP contribution is -2.10. The summed E-state index contributed by atoms with van der Waals surface area (Å²) in [6.07, 6.45) is 2.11. The van der Waals surface area contributed by atoms with E-state index in [4.69, 9.17) is 9.84 Å². The second-order valence-corrected chi connectivity index (χ2v) is 3.52. The summed E-state index contributed by atoms with van der Waals surface area (Å²) < 4.78 is 5.49. The molecule has 1 heterocycles. The Labute approximate surface area is 95.9 Å². The zero-order valence-electron chi connectivity index (χ0n) is 9.86. The lowest BCUT2D eigenvalue weighted by atomic mass is 10.4. The van der Waals surface area contributed by atoms with Crippen LogP contribution < -0.4 is 10.1 Å². The van der Waals surface area contributed by atoms with Gasteiger partial charge in [-0.1, -0.05) is 13.3 Å². The van der Waals surface area contributed by atoms with Gasteiger partial charge < -0.3 is 15.2 Å². The lowest BCUT2D eigenvalue weighted by molar-refractivity contribution is 0.296. The molecule has 90 valence electrons. The van der Waals surface area contributed by atoms with Gasteiger partial charge >= 0.3 is 0 Å². The maximum absolute atomic E-state index is 8.69. The lowest BCUT2D eigenvalue weighted by Gasteiger charge is -2.08. The molecule has 0 aromatic carbocycles. The maximum Gasteiger partial charge on any atom is 0.226 e. The molecular formula is C11H19N3O2. The van der Waals surface area contributed by atoms with E-state index in [1.165, 1.54) is 0 Å². The first-order chi connectivity index (χ1) is 7.76. The van der Waals surface area contributed by atoms with E-state index in [0.717, 1.165) is 18.5 Å². The molecule has 0 fully saturated rings. The standard InChI is InChI=1S/C11H19N3O2/c1-3-4-7-16-10-8-9(2)13-11(14-10)12-5-6-15/h8,15H,3-7H2,1-2H3,(H,12,13,14). The Morgan fingerprint density at radius 1 is 1.44 bits per heavy atom. The molecule has 0 saturated carbocycles. The van der Waals surface area contributed by atoms with Crippen LogP contribution in [0.15, 0.2) is 6.07 Å². The molecule has 0 aliphatic carbocycles. The van der Waals surface area contributed by atoms with Gasteiger partial charge in [0, 0.05) is 18.3 Å². The van der Waals surface area contributed by atoms with Crippen molar-refractivity contribution >= 4 is 5.95 Å². The van der Waals surface area contributed by atoms with Crippen LogP contribution in [0.4, 0.5) is 5.95 Å². The first-order valence-corrected chi connectivity index (χ1v) is 5.59. The number of nitrogens with one attached hydrogen (secondary N) is 1. The first-order valence-electron chi connectivity index (χ1n) is 5.59. The van der Waals surface area contributed by atoms with Crippen LogP contribution >= 0.6 is 0 Å². The van der Waals surface area contributed by atoms with E-state index in [1.54, 1.807) is 6.07 Å². The summed E-state index contributed by atoms with van der Waals surface area (Å²) in [5.74, 6) is 1.09. The Morgan fingerprint density at radius 3 is 2.94 bits per heavy atom. The summed E-state index contributed by atoms with van der Waals surface area (Å²) in [6.45, 7) is 5.18. The summed E-state index contributed by atoms with van der Waals surface area (Å²) in [5.41, 5.74) is 0.849. The molecule has 1 rings (SSSR count). The summed E-state index contributed by atoms with van der Waals surface area (Å²) in [5, 5.41) is 11.6. The molecule has 2 N–H and O–H groups in total. The van der Waals surface area contributed by atoms with Gasteiger partial charge in [0.1, 0.15) is 0 Å². The van der Waals surface area contributed by atoms with Gasteiger partial charge in [-0.3, -0.25) is 0 Å². The highest BCUT2D eigenvalue weighted by Crippen LogP contribution is 2.12. The highest BCUT2D eigenvalue weighted by molar-refractivity contribution is 5.30. The van der Waals surface area contributed by atoms with Crippen molar-refractivity contribution in [2.24, 2.45) is 0 Å². The molecule has 0 unspecified atom stereocenters. The smallest absolute Gasteiger partial charge is 0.226 e. The number of rotatable bonds is 7. The molecule has 0 aliphatic rings. The van der Waals surface area contributed by atoms with Gasteiger partial charge in [0.05, 0.1) is 13.2 Å². The molecule has 0 spiro atoms. The Balaban J connectivity index is 2.58. The SMILES string of the molecule is CCCCOc1cc(C)nc(NCCO)n1. The van der Waals surface area contributed by atoms with E-state index in [9.17, 15) is 0 Å². The van der Waals surface area contributed by atoms with E-state index in [1.807, 2.05) is 6.92 Å². The summed E-state index contributed by atoms with van der Waals surface area (Å²) in [4.78, 5) is 8.37. The predicted octanol–water partition coefficient (Wildman–Crippen LogP) is 1.37. The zero-order chi connectivity index (χ0) is 11.8. The molecule has 5 heteroatoms. The predicted molar refractivity (Wildman–Crippen MR) is 62.7 cm³/mol. The molecule has 16 heavy (non-hydrogen) atoms. The molecule has 0 saturated heterocycles. The van der Waals surface area contributed by atoms with Crippen LogP contribution in [0.3, 0.4) is 0 Å². The third-order valence-corrected chi connectivity index (χ3v) is 1.97. The average molecular weight is 225 g/mol. The van der Waals surface area contributed by atoms with Crippen LogP contribution in [-0.2, 0) is 0 Å². The number of aryl methyl sites for hydroxylation is 1. The molecule has 0 amide bonds. The number of anilines is 1. The topological polar surface area (TPSA) is 67.3 Å². The molecular weight excluding hydrogens is 206 g/mol. The minimum absolute atomic E-state index is 0.0589. The van der Waals surface area contributed by atoms with Crippen LogP contribution in [0.25, 0.3) is 0 Å². The van der Waals surface area contributed by atoms with E-state index in [-0.39, 0.29) is 6.61 Å². The van der Waals surface area contributed by atoms with Crippen molar-refractivity contribution in [2.75, 3.05) is 25.1 Å². The molecule has 1 aromatic rings. The number of aromatic nitrogens is 2.